The SMILES string of the molecule is CCN(C)C[C@@H]1CCCN1c1nc(Cl)nc(NNC(=O)[C@H](CC2CCCC2)CN(O)C=O)c1F. The summed E-state index contributed by atoms with van der Waals surface area (Å²) in [5.74, 6) is -1.59. The minimum Gasteiger partial charge on any atom is -0.350 e. The molecule has 2 aliphatic rings. The number of anilines is 2. The molecule has 190 valence electrons. The third-order valence-electron chi connectivity index (χ3n) is 6.81. The molecule has 2 amide bonds. The van der Waals surface area contributed by atoms with Gasteiger partial charge in [-0.2, -0.15) is 14.4 Å². The van der Waals surface area contributed by atoms with Gasteiger partial charge in [0.1, 0.15) is 0 Å². The molecule has 1 aliphatic heterocycles. The van der Waals surface area contributed by atoms with Crippen molar-refractivity contribution in [3.8, 4) is 0 Å². The lowest BCUT2D eigenvalue weighted by Crippen LogP contribution is -2.42. The summed E-state index contributed by atoms with van der Waals surface area (Å²) in [6.07, 6.45) is 6.85. The van der Waals surface area contributed by atoms with Gasteiger partial charge in [0.25, 0.3) is 0 Å². The molecule has 0 unspecified atom stereocenters. The van der Waals surface area contributed by atoms with Crippen LogP contribution in [0.25, 0.3) is 0 Å². The molecule has 1 aromatic heterocycles. The molecular weight excluding hydrogens is 465 g/mol. The Morgan fingerprint density at radius 3 is 2.74 bits per heavy atom. The normalized spacial score (nSPS) is 19.5. The summed E-state index contributed by atoms with van der Waals surface area (Å²) in [7, 11) is 2.02. The van der Waals surface area contributed by atoms with Crippen molar-refractivity contribution >= 4 is 35.6 Å². The van der Waals surface area contributed by atoms with E-state index in [-0.39, 0.29) is 35.9 Å². The van der Waals surface area contributed by atoms with E-state index in [1.54, 1.807) is 0 Å². The fraction of sp³-hybridized carbons (Fsp3) is 0.727. The maximum Gasteiger partial charge on any atom is 0.243 e. The Morgan fingerprint density at radius 1 is 1.32 bits per heavy atom. The second-order valence-corrected chi connectivity index (χ2v) is 9.59. The highest BCUT2D eigenvalue weighted by atomic mass is 35.5. The number of nitrogens with zero attached hydrogens (tertiary/aromatic N) is 5. The molecule has 0 aromatic carbocycles. The molecule has 2 atom stereocenters. The van der Waals surface area contributed by atoms with Crippen LogP contribution < -0.4 is 15.8 Å². The topological polar surface area (TPSA) is 114 Å². The second kappa shape index (κ2) is 12.5. The summed E-state index contributed by atoms with van der Waals surface area (Å²) in [6.45, 7) is 4.23. The highest BCUT2D eigenvalue weighted by molar-refractivity contribution is 6.28. The van der Waals surface area contributed by atoms with Crippen LogP contribution in [0.5, 0.6) is 0 Å². The molecule has 3 rings (SSSR count). The Labute approximate surface area is 204 Å². The first-order chi connectivity index (χ1) is 16.3. The highest BCUT2D eigenvalue weighted by Crippen LogP contribution is 2.32. The minimum absolute atomic E-state index is 0.0996. The average Bonchev–Trinajstić information content (AvgIpc) is 3.50. The van der Waals surface area contributed by atoms with E-state index in [0.717, 1.165) is 51.6 Å². The Balaban J connectivity index is 1.71. The summed E-state index contributed by atoms with van der Waals surface area (Å²) < 4.78 is 15.4. The Kier molecular flexibility index (Phi) is 9.66. The first-order valence-electron chi connectivity index (χ1n) is 12.0. The molecule has 1 aliphatic carbocycles. The number of carbonyl (C=O) groups is 2. The quantitative estimate of drug-likeness (QED) is 0.174. The Hall–Kier alpha value is -2.24. The van der Waals surface area contributed by atoms with E-state index in [1.807, 2.05) is 11.9 Å². The van der Waals surface area contributed by atoms with Crippen molar-refractivity contribution in [1.29, 1.82) is 0 Å². The van der Waals surface area contributed by atoms with E-state index in [2.05, 4.69) is 32.6 Å². The number of likely N-dealkylation sites (N-methyl/N-ethyl adjacent to an activating group) is 1. The van der Waals surface area contributed by atoms with Crippen molar-refractivity contribution in [2.45, 2.75) is 57.9 Å². The van der Waals surface area contributed by atoms with E-state index in [0.29, 0.717) is 23.9 Å². The van der Waals surface area contributed by atoms with Crippen LogP contribution in [0.15, 0.2) is 0 Å². The fourth-order valence-corrected chi connectivity index (χ4v) is 5.04. The van der Waals surface area contributed by atoms with Crippen LogP contribution in [0.2, 0.25) is 5.28 Å². The summed E-state index contributed by atoms with van der Waals surface area (Å²) in [6, 6.07) is 0.0996. The van der Waals surface area contributed by atoms with Crippen molar-refractivity contribution in [2.24, 2.45) is 11.8 Å². The third kappa shape index (κ3) is 6.89. The Bertz CT molecular complexity index is 843. The summed E-state index contributed by atoms with van der Waals surface area (Å²) in [4.78, 5) is 35.9. The van der Waals surface area contributed by atoms with Crippen molar-refractivity contribution in [2.75, 3.05) is 43.6 Å². The van der Waals surface area contributed by atoms with E-state index in [1.165, 1.54) is 0 Å². The number of rotatable bonds is 12. The number of hydrazine groups is 1. The highest BCUT2D eigenvalue weighted by Gasteiger charge is 2.31. The van der Waals surface area contributed by atoms with Gasteiger partial charge in [0.2, 0.25) is 23.4 Å². The number of nitrogens with one attached hydrogen (secondary N) is 2. The van der Waals surface area contributed by atoms with E-state index in [9.17, 15) is 14.8 Å². The number of hydrogen-bond donors (Lipinski definition) is 3. The molecule has 2 fully saturated rings. The van der Waals surface area contributed by atoms with Crippen molar-refractivity contribution in [3.05, 3.63) is 11.1 Å². The number of carbonyl (C=O) groups excluding carboxylic acids is 2. The van der Waals surface area contributed by atoms with E-state index >= 15 is 4.39 Å². The van der Waals surface area contributed by atoms with Gasteiger partial charge in [0.05, 0.1) is 12.5 Å². The van der Waals surface area contributed by atoms with Gasteiger partial charge >= 0.3 is 0 Å². The minimum atomic E-state index is -0.695. The first kappa shape index (κ1) is 26.4. The first-order valence-corrected chi connectivity index (χ1v) is 12.3. The van der Waals surface area contributed by atoms with Gasteiger partial charge < -0.3 is 9.80 Å². The molecular formula is C22H35ClFN7O3. The van der Waals surface area contributed by atoms with Crippen LogP contribution in [0.4, 0.5) is 16.0 Å². The number of hydrogen-bond acceptors (Lipinski definition) is 8. The lowest BCUT2D eigenvalue weighted by Gasteiger charge is -2.29. The van der Waals surface area contributed by atoms with Crippen molar-refractivity contribution < 1.29 is 19.2 Å². The zero-order valence-corrected chi connectivity index (χ0v) is 20.6. The molecule has 2 heterocycles. The molecule has 12 heteroatoms. The molecule has 34 heavy (non-hydrogen) atoms. The van der Waals surface area contributed by atoms with Gasteiger partial charge in [0, 0.05) is 19.1 Å². The predicted molar refractivity (Wildman–Crippen MR) is 127 cm³/mol. The average molecular weight is 500 g/mol. The number of aromatic nitrogens is 2. The van der Waals surface area contributed by atoms with Crippen LogP contribution in [-0.4, -0.2) is 76.7 Å². The molecule has 0 bridgehead atoms. The van der Waals surface area contributed by atoms with E-state index < -0.39 is 17.6 Å². The maximum absolute atomic E-state index is 15.4. The Morgan fingerprint density at radius 2 is 2.06 bits per heavy atom. The van der Waals surface area contributed by atoms with Gasteiger partial charge in [-0.15, -0.1) is 0 Å². The number of hydroxylamine groups is 2. The lowest BCUT2D eigenvalue weighted by molar-refractivity contribution is -0.154. The third-order valence-corrected chi connectivity index (χ3v) is 6.98. The number of halogens is 2. The number of amides is 2. The van der Waals surface area contributed by atoms with Crippen molar-refractivity contribution in [1.82, 2.24) is 25.4 Å². The van der Waals surface area contributed by atoms with Gasteiger partial charge in [-0.3, -0.25) is 25.6 Å². The maximum atomic E-state index is 15.4. The van der Waals surface area contributed by atoms with Crippen LogP contribution >= 0.6 is 11.6 Å². The molecule has 0 radical (unpaired) electrons. The van der Waals surface area contributed by atoms with Crippen molar-refractivity contribution in [3.63, 3.8) is 0 Å². The lowest BCUT2D eigenvalue weighted by atomic mass is 9.92. The monoisotopic (exact) mass is 499 g/mol. The van der Waals surface area contributed by atoms with E-state index in [4.69, 9.17) is 11.6 Å². The molecule has 1 aromatic rings. The molecule has 0 spiro atoms. The van der Waals surface area contributed by atoms with Gasteiger partial charge in [-0.1, -0.05) is 32.6 Å². The smallest absolute Gasteiger partial charge is 0.243 e. The molecule has 1 saturated carbocycles. The van der Waals surface area contributed by atoms with Gasteiger partial charge in [0.15, 0.2) is 11.6 Å². The largest absolute Gasteiger partial charge is 0.350 e. The molecule has 1 saturated heterocycles. The zero-order valence-electron chi connectivity index (χ0n) is 19.8. The summed E-state index contributed by atoms with van der Waals surface area (Å²) >= 11 is 6.10. The molecule has 10 nitrogen and oxygen atoms in total. The summed E-state index contributed by atoms with van der Waals surface area (Å²) in [5.41, 5.74) is 5.03. The molecule has 3 N–H and O–H groups in total. The standard InChI is InChI=1S/C22H35ClFN7O3/c1-3-29(2)13-17-9-6-10-31(17)20-18(24)19(25-22(23)26-20)27-28-21(33)16(12-30(34)14-32)11-15-7-4-5-8-15/h14-17,34H,3-13H2,1-2H3,(H,28,33)(H,25,26,27)/t16-,17+/m1/s1. The van der Waals surface area contributed by atoms with Gasteiger partial charge in [-0.25, -0.2) is 5.06 Å². The zero-order chi connectivity index (χ0) is 24.7. The second-order valence-electron chi connectivity index (χ2n) is 9.25. The van der Waals surface area contributed by atoms with Crippen LogP contribution in [-0.2, 0) is 9.59 Å². The fourth-order valence-electron chi connectivity index (χ4n) is 4.88. The predicted octanol–water partition coefficient (Wildman–Crippen LogP) is 2.68. The van der Waals surface area contributed by atoms with Crippen LogP contribution in [0.3, 0.4) is 0 Å². The van der Waals surface area contributed by atoms with Crippen LogP contribution in [0.1, 0.15) is 51.9 Å². The van der Waals surface area contributed by atoms with Gasteiger partial charge in [-0.05, 0) is 50.4 Å². The van der Waals surface area contributed by atoms with Crippen LogP contribution in [0, 0.1) is 17.7 Å². The summed E-state index contributed by atoms with van der Waals surface area (Å²) in [5, 5.41) is 9.96.